The van der Waals surface area contributed by atoms with E-state index in [1.165, 1.54) is 0 Å². The highest BCUT2D eigenvalue weighted by atomic mass is 16.5. The summed E-state index contributed by atoms with van der Waals surface area (Å²) in [5.74, 6) is 1.97. The molecule has 1 aromatic carbocycles. The van der Waals surface area contributed by atoms with Crippen LogP contribution >= 0.6 is 0 Å². The first-order valence-corrected chi connectivity index (χ1v) is 5.98. The molecule has 102 valence electrons. The average Bonchev–Trinajstić information content (AvgIpc) is 2.75. The molecule has 2 rings (SSSR count). The standard InChI is InChI=1S/C14H17NO4/c1-9-12(10(2)19-15-9)8-18-13-5-4-11(7-16)6-14(13)17-3/h4-6,16H,7-8H2,1-3H3. The van der Waals surface area contributed by atoms with Crippen molar-refractivity contribution in [1.29, 1.82) is 0 Å². The number of aromatic nitrogens is 1. The van der Waals surface area contributed by atoms with E-state index in [4.69, 9.17) is 19.1 Å². The van der Waals surface area contributed by atoms with Crippen LogP contribution in [-0.4, -0.2) is 17.4 Å². The molecule has 1 N–H and O–H groups in total. The molecule has 0 amide bonds. The number of methoxy groups -OCH3 is 1. The van der Waals surface area contributed by atoms with E-state index in [1.54, 1.807) is 25.3 Å². The summed E-state index contributed by atoms with van der Waals surface area (Å²) in [6, 6.07) is 5.33. The Kier molecular flexibility index (Phi) is 4.06. The third kappa shape index (κ3) is 2.88. The van der Waals surface area contributed by atoms with E-state index in [0.29, 0.717) is 18.1 Å². The van der Waals surface area contributed by atoms with Gasteiger partial charge < -0.3 is 19.1 Å². The van der Waals surface area contributed by atoms with Crippen LogP contribution < -0.4 is 9.47 Å². The van der Waals surface area contributed by atoms with Crippen LogP contribution in [0.15, 0.2) is 22.7 Å². The van der Waals surface area contributed by atoms with Crippen LogP contribution in [0.3, 0.4) is 0 Å². The maximum atomic E-state index is 9.08. The minimum absolute atomic E-state index is 0.0273. The van der Waals surface area contributed by atoms with Crippen molar-refractivity contribution in [3.63, 3.8) is 0 Å². The Morgan fingerprint density at radius 2 is 2.05 bits per heavy atom. The molecule has 0 unspecified atom stereocenters. The Labute approximate surface area is 111 Å². The third-order valence-electron chi connectivity index (χ3n) is 2.96. The van der Waals surface area contributed by atoms with Crippen molar-refractivity contribution < 1.29 is 19.1 Å². The lowest BCUT2D eigenvalue weighted by atomic mass is 10.2. The summed E-state index contributed by atoms with van der Waals surface area (Å²) in [6.07, 6.45) is 0. The minimum Gasteiger partial charge on any atom is -0.493 e. The minimum atomic E-state index is -0.0273. The number of rotatable bonds is 5. The highest BCUT2D eigenvalue weighted by Gasteiger charge is 2.11. The van der Waals surface area contributed by atoms with Crippen LogP contribution in [0, 0.1) is 13.8 Å². The van der Waals surface area contributed by atoms with Gasteiger partial charge in [0.1, 0.15) is 12.4 Å². The summed E-state index contributed by atoms with van der Waals surface area (Å²) in [5, 5.41) is 13.0. The number of benzene rings is 1. The molecular weight excluding hydrogens is 246 g/mol. The van der Waals surface area contributed by atoms with E-state index < -0.39 is 0 Å². The average molecular weight is 263 g/mol. The van der Waals surface area contributed by atoms with Crippen molar-refractivity contribution in [3.05, 3.63) is 40.8 Å². The second kappa shape index (κ2) is 5.75. The Morgan fingerprint density at radius 1 is 1.26 bits per heavy atom. The number of aliphatic hydroxyl groups is 1. The zero-order chi connectivity index (χ0) is 13.8. The molecule has 0 aliphatic rings. The Bertz CT molecular complexity index is 543. The van der Waals surface area contributed by atoms with Gasteiger partial charge in [-0.05, 0) is 31.5 Å². The fourth-order valence-corrected chi connectivity index (χ4v) is 1.79. The first kappa shape index (κ1) is 13.4. The molecule has 0 bridgehead atoms. The van der Waals surface area contributed by atoms with Crippen molar-refractivity contribution in [2.24, 2.45) is 0 Å². The number of aryl methyl sites for hydroxylation is 2. The molecule has 5 heteroatoms. The van der Waals surface area contributed by atoms with Gasteiger partial charge in [-0.15, -0.1) is 0 Å². The first-order valence-electron chi connectivity index (χ1n) is 5.98. The molecule has 2 aromatic rings. The Balaban J connectivity index is 2.15. The molecule has 0 atom stereocenters. The topological polar surface area (TPSA) is 64.7 Å². The van der Waals surface area contributed by atoms with Crippen molar-refractivity contribution >= 4 is 0 Å². The summed E-state index contributed by atoms with van der Waals surface area (Å²) < 4.78 is 16.1. The molecule has 0 fully saturated rings. The first-order chi connectivity index (χ1) is 9.15. The summed E-state index contributed by atoms with van der Waals surface area (Å²) in [7, 11) is 1.57. The van der Waals surface area contributed by atoms with Crippen LogP contribution in [0.1, 0.15) is 22.6 Å². The van der Waals surface area contributed by atoms with Gasteiger partial charge in [-0.25, -0.2) is 0 Å². The predicted octanol–water partition coefficient (Wildman–Crippen LogP) is 2.37. The van der Waals surface area contributed by atoms with Crippen molar-refractivity contribution in [2.75, 3.05) is 7.11 Å². The Hall–Kier alpha value is -2.01. The van der Waals surface area contributed by atoms with Crippen LogP contribution in [0.25, 0.3) is 0 Å². The van der Waals surface area contributed by atoms with Gasteiger partial charge in [-0.1, -0.05) is 11.2 Å². The molecule has 1 aromatic heterocycles. The second-order valence-electron chi connectivity index (χ2n) is 4.23. The SMILES string of the molecule is COc1cc(CO)ccc1OCc1c(C)noc1C. The number of hydrogen-bond acceptors (Lipinski definition) is 5. The smallest absolute Gasteiger partial charge is 0.161 e. The van der Waals surface area contributed by atoms with Gasteiger partial charge in [0.05, 0.1) is 25.0 Å². The molecule has 0 radical (unpaired) electrons. The van der Waals surface area contributed by atoms with Crippen LogP contribution in [0.5, 0.6) is 11.5 Å². The van der Waals surface area contributed by atoms with Crippen LogP contribution in [0.2, 0.25) is 0 Å². The lowest BCUT2D eigenvalue weighted by Crippen LogP contribution is -2.00. The lowest BCUT2D eigenvalue weighted by molar-refractivity contribution is 0.273. The highest BCUT2D eigenvalue weighted by molar-refractivity contribution is 5.43. The number of nitrogens with zero attached hydrogens (tertiary/aromatic N) is 1. The van der Waals surface area contributed by atoms with Crippen molar-refractivity contribution in [3.8, 4) is 11.5 Å². The van der Waals surface area contributed by atoms with Gasteiger partial charge in [0.25, 0.3) is 0 Å². The van der Waals surface area contributed by atoms with E-state index in [2.05, 4.69) is 5.16 Å². The number of ether oxygens (including phenoxy) is 2. The molecule has 0 saturated carbocycles. The zero-order valence-electron chi connectivity index (χ0n) is 11.3. The van der Waals surface area contributed by atoms with Gasteiger partial charge in [0, 0.05) is 0 Å². The molecule has 1 heterocycles. The Morgan fingerprint density at radius 3 is 2.63 bits per heavy atom. The maximum Gasteiger partial charge on any atom is 0.161 e. The largest absolute Gasteiger partial charge is 0.493 e. The van der Waals surface area contributed by atoms with Crippen LogP contribution in [-0.2, 0) is 13.2 Å². The van der Waals surface area contributed by atoms with E-state index in [9.17, 15) is 0 Å². The fraction of sp³-hybridized carbons (Fsp3) is 0.357. The second-order valence-corrected chi connectivity index (χ2v) is 4.23. The maximum absolute atomic E-state index is 9.08. The molecule has 5 nitrogen and oxygen atoms in total. The number of aliphatic hydroxyl groups excluding tert-OH is 1. The van der Waals surface area contributed by atoms with Gasteiger partial charge in [-0.3, -0.25) is 0 Å². The molecule has 0 saturated heterocycles. The van der Waals surface area contributed by atoms with Crippen LogP contribution in [0.4, 0.5) is 0 Å². The monoisotopic (exact) mass is 263 g/mol. The third-order valence-corrected chi connectivity index (χ3v) is 2.96. The van der Waals surface area contributed by atoms with Gasteiger partial charge >= 0.3 is 0 Å². The van der Waals surface area contributed by atoms with E-state index >= 15 is 0 Å². The summed E-state index contributed by atoms with van der Waals surface area (Å²) in [6.45, 7) is 4.07. The lowest BCUT2D eigenvalue weighted by Gasteiger charge is -2.11. The summed E-state index contributed by atoms with van der Waals surface area (Å²) >= 11 is 0. The van der Waals surface area contributed by atoms with Gasteiger partial charge in [0.15, 0.2) is 11.5 Å². The molecule has 19 heavy (non-hydrogen) atoms. The molecular formula is C14H17NO4. The molecule has 0 aliphatic heterocycles. The fourth-order valence-electron chi connectivity index (χ4n) is 1.79. The van der Waals surface area contributed by atoms with E-state index in [1.807, 2.05) is 13.8 Å². The van der Waals surface area contributed by atoms with Gasteiger partial charge in [-0.2, -0.15) is 0 Å². The zero-order valence-corrected chi connectivity index (χ0v) is 11.3. The van der Waals surface area contributed by atoms with E-state index in [-0.39, 0.29) is 6.61 Å². The predicted molar refractivity (Wildman–Crippen MR) is 69.2 cm³/mol. The van der Waals surface area contributed by atoms with Crippen molar-refractivity contribution in [1.82, 2.24) is 5.16 Å². The van der Waals surface area contributed by atoms with Crippen molar-refractivity contribution in [2.45, 2.75) is 27.1 Å². The summed E-state index contributed by atoms with van der Waals surface area (Å²) in [5.41, 5.74) is 2.54. The highest BCUT2D eigenvalue weighted by Crippen LogP contribution is 2.29. The summed E-state index contributed by atoms with van der Waals surface area (Å²) in [4.78, 5) is 0. The number of hydrogen-bond donors (Lipinski definition) is 1. The quantitative estimate of drug-likeness (QED) is 0.897. The molecule has 0 spiro atoms. The molecule has 0 aliphatic carbocycles. The normalized spacial score (nSPS) is 10.5. The van der Waals surface area contributed by atoms with Gasteiger partial charge in [0.2, 0.25) is 0 Å². The van der Waals surface area contributed by atoms with E-state index in [0.717, 1.165) is 22.6 Å².